The summed E-state index contributed by atoms with van der Waals surface area (Å²) in [6, 6.07) is 0. The highest BCUT2D eigenvalue weighted by Gasteiger charge is 2.21. The maximum absolute atomic E-state index is 4.40. The highest BCUT2D eigenvalue weighted by Crippen LogP contribution is 2.27. The Morgan fingerprint density at radius 2 is 2.15 bits per heavy atom. The van der Waals surface area contributed by atoms with E-state index in [1.54, 1.807) is 0 Å². The minimum Gasteiger partial charge on any atom is -0.340 e. The minimum absolute atomic E-state index is 0.233. The first-order valence-electron chi connectivity index (χ1n) is 5.04. The number of nitrogens with zero attached hydrogens (tertiary/aromatic N) is 2. The Kier molecular flexibility index (Phi) is 3.12. The topological polar surface area (TPSA) is 17.8 Å². The second-order valence-corrected chi connectivity index (χ2v) is 4.41. The van der Waals surface area contributed by atoms with Crippen molar-refractivity contribution < 1.29 is 0 Å². The second kappa shape index (κ2) is 3.95. The molecule has 1 heterocycles. The van der Waals surface area contributed by atoms with Crippen LogP contribution in [0.1, 0.15) is 45.7 Å². The lowest BCUT2D eigenvalue weighted by atomic mass is 9.84. The van der Waals surface area contributed by atoms with Gasteiger partial charge in [0.1, 0.15) is 0 Å². The first-order valence-corrected chi connectivity index (χ1v) is 5.04. The molecule has 2 nitrogen and oxygen atoms in total. The third-order valence-electron chi connectivity index (χ3n) is 2.55. The molecule has 0 atom stereocenters. The summed E-state index contributed by atoms with van der Waals surface area (Å²) in [5.74, 6) is 0. The smallest absolute Gasteiger partial charge is 0.0947 e. The maximum Gasteiger partial charge on any atom is 0.0947 e. The van der Waals surface area contributed by atoms with Gasteiger partial charge in [0, 0.05) is 18.7 Å². The number of hydrogen-bond donors (Lipinski definition) is 0. The second-order valence-electron chi connectivity index (χ2n) is 4.41. The van der Waals surface area contributed by atoms with E-state index in [0.717, 1.165) is 0 Å². The molecule has 0 bridgehead atoms. The van der Waals surface area contributed by atoms with Gasteiger partial charge in [-0.25, -0.2) is 4.98 Å². The molecule has 1 rings (SSSR count). The number of unbranched alkanes of at least 4 members (excludes halogenated alkanes) is 1. The summed E-state index contributed by atoms with van der Waals surface area (Å²) in [6.07, 6.45) is 7.76. The lowest BCUT2D eigenvalue weighted by Gasteiger charge is -2.21. The molecule has 0 saturated carbocycles. The van der Waals surface area contributed by atoms with Gasteiger partial charge in [-0.3, -0.25) is 0 Å². The molecule has 0 fully saturated rings. The van der Waals surface area contributed by atoms with Gasteiger partial charge in [-0.05, 0) is 6.42 Å². The molecule has 0 N–H and O–H groups in total. The molecular formula is C11H20N2. The van der Waals surface area contributed by atoms with Gasteiger partial charge < -0.3 is 4.57 Å². The highest BCUT2D eigenvalue weighted by molar-refractivity contribution is 5.10. The standard InChI is InChI=1S/C11H20N2/c1-5-6-7-11(2,3)10-8-13(4)9-12-10/h8-9H,5-7H2,1-4H3. The van der Waals surface area contributed by atoms with Gasteiger partial charge in [0.25, 0.3) is 0 Å². The van der Waals surface area contributed by atoms with E-state index < -0.39 is 0 Å². The Labute approximate surface area is 81.0 Å². The summed E-state index contributed by atoms with van der Waals surface area (Å²) < 4.78 is 2.02. The fraction of sp³-hybridized carbons (Fsp3) is 0.727. The van der Waals surface area contributed by atoms with E-state index in [0.29, 0.717) is 0 Å². The lowest BCUT2D eigenvalue weighted by Crippen LogP contribution is -2.17. The van der Waals surface area contributed by atoms with Gasteiger partial charge in [0.15, 0.2) is 0 Å². The molecule has 74 valence electrons. The highest BCUT2D eigenvalue weighted by atomic mass is 15.0. The zero-order valence-electron chi connectivity index (χ0n) is 9.17. The van der Waals surface area contributed by atoms with Crippen LogP contribution in [-0.4, -0.2) is 9.55 Å². The van der Waals surface area contributed by atoms with Crippen LogP contribution in [0.5, 0.6) is 0 Å². The molecule has 1 aromatic rings. The van der Waals surface area contributed by atoms with Crippen molar-refractivity contribution in [2.45, 2.75) is 45.4 Å². The van der Waals surface area contributed by atoms with Crippen molar-refractivity contribution >= 4 is 0 Å². The third-order valence-corrected chi connectivity index (χ3v) is 2.55. The fourth-order valence-electron chi connectivity index (χ4n) is 1.51. The number of aromatic nitrogens is 2. The first-order chi connectivity index (χ1) is 6.06. The van der Waals surface area contributed by atoms with Gasteiger partial charge in [-0.2, -0.15) is 0 Å². The predicted octanol–water partition coefficient (Wildman–Crippen LogP) is 2.89. The first kappa shape index (κ1) is 10.3. The van der Waals surface area contributed by atoms with Crippen molar-refractivity contribution in [3.63, 3.8) is 0 Å². The average molecular weight is 180 g/mol. The molecule has 2 heteroatoms. The quantitative estimate of drug-likeness (QED) is 0.696. The van der Waals surface area contributed by atoms with E-state index in [9.17, 15) is 0 Å². The van der Waals surface area contributed by atoms with Crippen molar-refractivity contribution in [2.24, 2.45) is 7.05 Å². The number of imidazole rings is 1. The van der Waals surface area contributed by atoms with E-state index in [1.807, 2.05) is 17.9 Å². The van der Waals surface area contributed by atoms with E-state index >= 15 is 0 Å². The van der Waals surface area contributed by atoms with E-state index in [-0.39, 0.29) is 5.41 Å². The van der Waals surface area contributed by atoms with Crippen LogP contribution < -0.4 is 0 Å². The predicted molar refractivity (Wildman–Crippen MR) is 55.8 cm³/mol. The molecule has 0 aliphatic carbocycles. The van der Waals surface area contributed by atoms with E-state index in [1.165, 1.54) is 25.0 Å². The largest absolute Gasteiger partial charge is 0.340 e. The van der Waals surface area contributed by atoms with Crippen LogP contribution in [0.15, 0.2) is 12.5 Å². The number of aryl methyl sites for hydroxylation is 1. The minimum atomic E-state index is 0.233. The van der Waals surface area contributed by atoms with Gasteiger partial charge in [-0.1, -0.05) is 33.6 Å². The van der Waals surface area contributed by atoms with Crippen LogP contribution in [0, 0.1) is 0 Å². The Hall–Kier alpha value is -0.790. The Morgan fingerprint density at radius 1 is 1.46 bits per heavy atom. The average Bonchev–Trinajstić information content (AvgIpc) is 2.49. The SMILES string of the molecule is CCCCC(C)(C)c1cn(C)cn1. The zero-order valence-corrected chi connectivity index (χ0v) is 9.17. The summed E-state index contributed by atoms with van der Waals surface area (Å²) in [4.78, 5) is 4.40. The summed E-state index contributed by atoms with van der Waals surface area (Å²) in [5, 5.41) is 0. The van der Waals surface area contributed by atoms with Crippen molar-refractivity contribution in [2.75, 3.05) is 0 Å². The molecule has 0 amide bonds. The van der Waals surface area contributed by atoms with Crippen molar-refractivity contribution in [1.82, 2.24) is 9.55 Å². The molecule has 0 aliphatic rings. The van der Waals surface area contributed by atoms with Gasteiger partial charge in [0.05, 0.1) is 12.0 Å². The van der Waals surface area contributed by atoms with Crippen molar-refractivity contribution in [3.05, 3.63) is 18.2 Å². The monoisotopic (exact) mass is 180 g/mol. The molecule has 0 saturated heterocycles. The number of hydrogen-bond acceptors (Lipinski definition) is 1. The molecular weight excluding hydrogens is 160 g/mol. The Balaban J connectivity index is 2.68. The van der Waals surface area contributed by atoms with Crippen molar-refractivity contribution in [1.29, 1.82) is 0 Å². The van der Waals surface area contributed by atoms with Gasteiger partial charge >= 0.3 is 0 Å². The molecule has 0 aromatic carbocycles. The Morgan fingerprint density at radius 3 is 2.62 bits per heavy atom. The van der Waals surface area contributed by atoms with Crippen molar-refractivity contribution in [3.8, 4) is 0 Å². The van der Waals surface area contributed by atoms with Crippen LogP contribution in [0.3, 0.4) is 0 Å². The van der Waals surface area contributed by atoms with Crippen LogP contribution in [0.2, 0.25) is 0 Å². The normalized spacial score (nSPS) is 12.0. The summed E-state index contributed by atoms with van der Waals surface area (Å²) in [6.45, 7) is 6.77. The molecule has 1 aromatic heterocycles. The lowest BCUT2D eigenvalue weighted by molar-refractivity contribution is 0.447. The summed E-state index contributed by atoms with van der Waals surface area (Å²) >= 11 is 0. The van der Waals surface area contributed by atoms with Crippen LogP contribution in [-0.2, 0) is 12.5 Å². The van der Waals surface area contributed by atoms with Gasteiger partial charge in [-0.15, -0.1) is 0 Å². The van der Waals surface area contributed by atoms with Gasteiger partial charge in [0.2, 0.25) is 0 Å². The molecule has 0 aliphatic heterocycles. The molecule has 13 heavy (non-hydrogen) atoms. The van der Waals surface area contributed by atoms with E-state index in [4.69, 9.17) is 0 Å². The molecule has 0 unspecified atom stereocenters. The molecule has 0 spiro atoms. The summed E-state index contributed by atoms with van der Waals surface area (Å²) in [7, 11) is 2.02. The zero-order chi connectivity index (χ0) is 9.90. The number of rotatable bonds is 4. The van der Waals surface area contributed by atoms with Crippen LogP contribution in [0.25, 0.3) is 0 Å². The Bertz CT molecular complexity index is 261. The third kappa shape index (κ3) is 2.58. The fourth-order valence-corrected chi connectivity index (χ4v) is 1.51. The van der Waals surface area contributed by atoms with Crippen LogP contribution >= 0.6 is 0 Å². The van der Waals surface area contributed by atoms with E-state index in [2.05, 4.69) is 32.0 Å². The van der Waals surface area contributed by atoms with Crippen LogP contribution in [0.4, 0.5) is 0 Å². The maximum atomic E-state index is 4.40. The molecule has 0 radical (unpaired) electrons. The summed E-state index contributed by atoms with van der Waals surface area (Å²) in [5.41, 5.74) is 1.44.